The molecule has 0 aliphatic carbocycles. The number of aryl methyl sites for hydroxylation is 1. The number of hydrogen-bond acceptors (Lipinski definition) is 4. The maximum atomic E-state index is 13.1. The highest BCUT2D eigenvalue weighted by Crippen LogP contribution is 2.28. The van der Waals surface area contributed by atoms with Crippen LogP contribution in [0.25, 0.3) is 10.9 Å². The van der Waals surface area contributed by atoms with E-state index in [9.17, 15) is 13.2 Å². The molecule has 0 saturated carbocycles. The third-order valence-corrected chi connectivity index (χ3v) is 5.90. The smallest absolute Gasteiger partial charge is 0.305 e. The summed E-state index contributed by atoms with van der Waals surface area (Å²) < 4.78 is 32.2. The molecule has 25 heavy (non-hydrogen) atoms. The quantitative estimate of drug-likeness (QED) is 0.637. The Bertz CT molecular complexity index is 1030. The van der Waals surface area contributed by atoms with Crippen LogP contribution in [0.3, 0.4) is 0 Å². The van der Waals surface area contributed by atoms with E-state index in [1.165, 1.54) is 11.1 Å². The summed E-state index contributed by atoms with van der Waals surface area (Å²) in [5, 5.41) is 1.22. The lowest BCUT2D eigenvalue weighted by Crippen LogP contribution is -2.16. The van der Waals surface area contributed by atoms with Crippen LogP contribution in [0.15, 0.2) is 59.5 Å². The fourth-order valence-corrected chi connectivity index (χ4v) is 4.48. The van der Waals surface area contributed by atoms with Crippen molar-refractivity contribution in [2.75, 3.05) is 7.11 Å². The lowest BCUT2D eigenvalue weighted by atomic mass is 10.2. The Hall–Kier alpha value is -2.31. The normalized spacial score (nSPS) is 11.6. The Morgan fingerprint density at radius 1 is 1.12 bits per heavy atom. The number of halogens is 1. The maximum absolute atomic E-state index is 13.1. The average molecular weight is 378 g/mol. The minimum Gasteiger partial charge on any atom is -0.469 e. The van der Waals surface area contributed by atoms with Gasteiger partial charge in [-0.1, -0.05) is 29.8 Å². The molecule has 1 aromatic heterocycles. The molecule has 130 valence electrons. The summed E-state index contributed by atoms with van der Waals surface area (Å²) in [4.78, 5) is 11.7. The van der Waals surface area contributed by atoms with Gasteiger partial charge in [-0.25, -0.2) is 12.4 Å². The van der Waals surface area contributed by atoms with Crippen molar-refractivity contribution in [3.8, 4) is 0 Å². The molecule has 0 aliphatic heterocycles. The van der Waals surface area contributed by atoms with Gasteiger partial charge < -0.3 is 4.74 Å². The highest BCUT2D eigenvalue weighted by molar-refractivity contribution is 7.90. The van der Waals surface area contributed by atoms with Gasteiger partial charge in [0.05, 0.1) is 23.9 Å². The van der Waals surface area contributed by atoms with Crippen LogP contribution in [0.1, 0.15) is 12.1 Å². The van der Waals surface area contributed by atoms with E-state index in [0.29, 0.717) is 21.6 Å². The Balaban J connectivity index is 2.19. The molecule has 0 radical (unpaired) electrons. The summed E-state index contributed by atoms with van der Waals surface area (Å²) in [5.74, 6) is -0.396. The number of nitrogens with zero attached hydrogens (tertiary/aromatic N) is 1. The van der Waals surface area contributed by atoms with Crippen LogP contribution in [0.4, 0.5) is 0 Å². The van der Waals surface area contributed by atoms with Crippen molar-refractivity contribution in [1.82, 2.24) is 3.97 Å². The summed E-state index contributed by atoms with van der Waals surface area (Å²) in [6.07, 6.45) is 0.329. The Morgan fingerprint density at radius 3 is 2.52 bits per heavy atom. The van der Waals surface area contributed by atoms with Gasteiger partial charge >= 0.3 is 5.97 Å². The molecule has 5 nitrogen and oxygen atoms in total. The zero-order chi connectivity index (χ0) is 18.0. The predicted molar refractivity (Wildman–Crippen MR) is 96.3 cm³/mol. The monoisotopic (exact) mass is 377 g/mol. The van der Waals surface area contributed by atoms with Crippen molar-refractivity contribution in [1.29, 1.82) is 0 Å². The molecule has 0 unspecified atom stereocenters. The van der Waals surface area contributed by atoms with Crippen molar-refractivity contribution in [3.63, 3.8) is 0 Å². The first-order valence-electron chi connectivity index (χ1n) is 7.61. The molecule has 1 heterocycles. The third kappa shape index (κ3) is 3.41. The fourth-order valence-electron chi connectivity index (χ4n) is 2.71. The summed E-state index contributed by atoms with van der Waals surface area (Å²) >= 11 is 6.03. The minimum absolute atomic E-state index is 0.0882. The lowest BCUT2D eigenvalue weighted by Gasteiger charge is -2.12. The van der Waals surface area contributed by atoms with Crippen LogP contribution in [0.5, 0.6) is 0 Å². The third-order valence-electron chi connectivity index (χ3n) is 3.89. The van der Waals surface area contributed by atoms with E-state index in [0.717, 1.165) is 0 Å². The number of esters is 1. The topological polar surface area (TPSA) is 65.4 Å². The second-order valence-electron chi connectivity index (χ2n) is 5.50. The van der Waals surface area contributed by atoms with Crippen molar-refractivity contribution >= 4 is 38.5 Å². The SMILES string of the molecule is COC(=O)CCc1cc2cc(Cl)ccc2n1S(=O)(=O)c1ccccc1. The van der Waals surface area contributed by atoms with E-state index in [-0.39, 0.29) is 17.7 Å². The molecular formula is C18H16ClNO4S. The highest BCUT2D eigenvalue weighted by atomic mass is 35.5. The summed E-state index contributed by atoms with van der Waals surface area (Å²) in [6, 6.07) is 14.9. The van der Waals surface area contributed by atoms with Gasteiger partial charge in [0.15, 0.2) is 0 Å². The van der Waals surface area contributed by atoms with Gasteiger partial charge in [0.25, 0.3) is 10.0 Å². The fraction of sp³-hybridized carbons (Fsp3) is 0.167. The van der Waals surface area contributed by atoms with Crippen LogP contribution >= 0.6 is 11.6 Å². The molecule has 0 spiro atoms. The molecule has 0 amide bonds. The van der Waals surface area contributed by atoms with Gasteiger partial charge in [-0.3, -0.25) is 4.79 Å². The van der Waals surface area contributed by atoms with Crippen LogP contribution < -0.4 is 0 Å². The molecule has 3 rings (SSSR count). The number of fused-ring (bicyclic) bond motifs is 1. The molecule has 3 aromatic rings. The molecule has 0 fully saturated rings. The van der Waals surface area contributed by atoms with E-state index < -0.39 is 16.0 Å². The van der Waals surface area contributed by atoms with Crippen molar-refractivity contribution < 1.29 is 17.9 Å². The number of rotatable bonds is 5. The second-order valence-corrected chi connectivity index (χ2v) is 7.72. The molecule has 0 bridgehead atoms. The zero-order valence-electron chi connectivity index (χ0n) is 13.5. The molecular weight excluding hydrogens is 362 g/mol. The van der Waals surface area contributed by atoms with Crippen molar-refractivity contribution in [2.45, 2.75) is 17.7 Å². The van der Waals surface area contributed by atoms with Crippen LogP contribution in [-0.2, 0) is 26.0 Å². The second kappa shape index (κ2) is 6.90. The van der Waals surface area contributed by atoms with Crippen LogP contribution in [0.2, 0.25) is 5.02 Å². The van der Waals surface area contributed by atoms with E-state index in [1.807, 2.05) is 0 Å². The number of methoxy groups -OCH3 is 1. The summed E-state index contributed by atoms with van der Waals surface area (Å²) in [7, 11) is -2.49. The predicted octanol–water partition coefficient (Wildman–Crippen LogP) is 3.64. The van der Waals surface area contributed by atoms with Gasteiger partial charge in [0.2, 0.25) is 0 Å². The van der Waals surface area contributed by atoms with Crippen LogP contribution in [-0.4, -0.2) is 25.5 Å². The van der Waals surface area contributed by atoms with E-state index in [2.05, 4.69) is 4.74 Å². The van der Waals surface area contributed by atoms with Gasteiger partial charge in [-0.15, -0.1) is 0 Å². The number of benzene rings is 2. The Kier molecular flexibility index (Phi) is 4.83. The minimum atomic E-state index is -3.80. The van der Waals surface area contributed by atoms with E-state index in [4.69, 9.17) is 11.6 Å². The number of ether oxygens (including phenoxy) is 1. The zero-order valence-corrected chi connectivity index (χ0v) is 15.0. The summed E-state index contributed by atoms with van der Waals surface area (Å²) in [6.45, 7) is 0. The molecule has 0 N–H and O–H groups in total. The number of carbonyl (C=O) groups excluding carboxylic acids is 1. The number of hydrogen-bond donors (Lipinski definition) is 0. The van der Waals surface area contributed by atoms with Gasteiger partial charge in [0, 0.05) is 16.1 Å². The van der Waals surface area contributed by atoms with Crippen LogP contribution in [0, 0.1) is 0 Å². The van der Waals surface area contributed by atoms with Gasteiger partial charge in [-0.2, -0.15) is 0 Å². The van der Waals surface area contributed by atoms with Gasteiger partial charge in [0.1, 0.15) is 0 Å². The van der Waals surface area contributed by atoms with Crippen molar-refractivity contribution in [2.24, 2.45) is 0 Å². The first-order chi connectivity index (χ1) is 11.9. The van der Waals surface area contributed by atoms with E-state index in [1.54, 1.807) is 54.6 Å². The molecule has 7 heteroatoms. The highest BCUT2D eigenvalue weighted by Gasteiger charge is 2.23. The molecule has 0 aliphatic rings. The largest absolute Gasteiger partial charge is 0.469 e. The lowest BCUT2D eigenvalue weighted by molar-refractivity contribution is -0.140. The Morgan fingerprint density at radius 2 is 1.84 bits per heavy atom. The summed E-state index contributed by atoms with van der Waals surface area (Å²) in [5.41, 5.74) is 1.03. The maximum Gasteiger partial charge on any atom is 0.305 e. The van der Waals surface area contributed by atoms with E-state index >= 15 is 0 Å². The first kappa shape index (κ1) is 17.5. The standard InChI is InChI=1S/C18H16ClNO4S/c1-24-18(21)10-8-15-12-13-11-14(19)7-9-17(13)20(15)25(22,23)16-5-3-2-4-6-16/h2-7,9,11-12H,8,10H2,1H3. The van der Waals surface area contributed by atoms with Crippen molar-refractivity contribution in [3.05, 3.63) is 65.3 Å². The first-order valence-corrected chi connectivity index (χ1v) is 9.42. The van der Waals surface area contributed by atoms with Gasteiger partial charge in [-0.05, 0) is 42.8 Å². The number of aromatic nitrogens is 1. The molecule has 2 aromatic carbocycles. The average Bonchev–Trinajstić information content (AvgIpc) is 2.98. The number of carbonyl (C=O) groups is 1. The molecule has 0 saturated heterocycles. The Labute approximate surface area is 150 Å². The molecule has 0 atom stereocenters.